The van der Waals surface area contributed by atoms with Gasteiger partial charge in [0, 0.05) is 42.0 Å². The summed E-state index contributed by atoms with van der Waals surface area (Å²) in [5, 5.41) is 8.97. The molecule has 0 saturated heterocycles. The van der Waals surface area contributed by atoms with Crippen molar-refractivity contribution in [3.8, 4) is 22.7 Å². The zero-order valence-corrected chi connectivity index (χ0v) is 18.5. The fourth-order valence-electron chi connectivity index (χ4n) is 3.44. The average molecular weight is 449 g/mol. The van der Waals surface area contributed by atoms with Gasteiger partial charge in [-0.15, -0.1) is 0 Å². The lowest BCUT2D eigenvalue weighted by Gasteiger charge is -2.10. The number of carbonyl (C=O) groups is 1. The molecule has 0 atom stereocenters. The number of amides is 1. The van der Waals surface area contributed by atoms with Crippen LogP contribution in [0.5, 0.6) is 5.75 Å². The number of hydrogen-bond donors (Lipinski definition) is 1. The number of hydrogen-bond acceptors (Lipinski definition) is 5. The smallest absolute Gasteiger partial charge is 0.312 e. The summed E-state index contributed by atoms with van der Waals surface area (Å²) >= 11 is 1.13. The van der Waals surface area contributed by atoms with Crippen LogP contribution in [0.2, 0.25) is 0 Å². The molecule has 0 aliphatic rings. The molecule has 8 heteroatoms. The van der Waals surface area contributed by atoms with Crippen molar-refractivity contribution in [3.63, 3.8) is 0 Å². The molecule has 1 amide bonds. The molecule has 4 aromatic rings. The quantitative estimate of drug-likeness (QED) is 0.393. The normalized spacial score (nSPS) is 10.8. The van der Waals surface area contributed by atoms with Gasteiger partial charge in [0.05, 0.1) is 18.5 Å². The van der Waals surface area contributed by atoms with Crippen LogP contribution in [0.25, 0.3) is 16.9 Å². The van der Waals surface area contributed by atoms with Crippen LogP contribution in [0.3, 0.4) is 0 Å². The molecule has 2 aromatic heterocycles. The molecule has 7 nitrogen and oxygen atoms in total. The van der Waals surface area contributed by atoms with Crippen LogP contribution in [0, 0.1) is 0 Å². The minimum atomic E-state index is -0.125. The van der Waals surface area contributed by atoms with Gasteiger partial charge in [-0.05, 0) is 55.3 Å². The van der Waals surface area contributed by atoms with Crippen molar-refractivity contribution >= 4 is 17.2 Å². The Morgan fingerprint density at radius 3 is 2.72 bits per heavy atom. The molecule has 0 saturated carbocycles. The standard InChI is InChI=1S/C24H24N4O3S/c1-31-21-10-8-20(9-11-21)28-22(17-32-24(28)30)18-6-4-7-19(16-18)23(29)25-12-2-3-14-27-15-5-13-26-27/h4-11,13,15-17H,2-3,12,14H2,1H3,(H,25,29). The van der Waals surface area contributed by atoms with Crippen molar-refractivity contribution in [1.29, 1.82) is 0 Å². The third kappa shape index (κ3) is 4.97. The van der Waals surface area contributed by atoms with E-state index < -0.39 is 0 Å². The number of aromatic nitrogens is 3. The third-order valence-electron chi connectivity index (χ3n) is 5.10. The summed E-state index contributed by atoms with van der Waals surface area (Å²) < 4.78 is 8.74. The summed E-state index contributed by atoms with van der Waals surface area (Å²) in [7, 11) is 1.60. The second kappa shape index (κ2) is 10.1. The zero-order chi connectivity index (χ0) is 22.3. The number of aryl methyl sites for hydroxylation is 1. The van der Waals surface area contributed by atoms with Crippen LogP contribution in [0.15, 0.2) is 77.2 Å². The van der Waals surface area contributed by atoms with Crippen molar-refractivity contribution in [2.24, 2.45) is 0 Å². The van der Waals surface area contributed by atoms with Gasteiger partial charge in [-0.3, -0.25) is 18.8 Å². The highest BCUT2D eigenvalue weighted by atomic mass is 32.1. The van der Waals surface area contributed by atoms with Gasteiger partial charge in [-0.25, -0.2) is 0 Å². The molecule has 0 aliphatic carbocycles. The molecule has 0 radical (unpaired) electrons. The van der Waals surface area contributed by atoms with Gasteiger partial charge in [-0.1, -0.05) is 23.5 Å². The van der Waals surface area contributed by atoms with Crippen LogP contribution in [-0.2, 0) is 6.54 Å². The molecule has 1 N–H and O–H groups in total. The molecule has 4 rings (SSSR count). The largest absolute Gasteiger partial charge is 0.497 e. The lowest BCUT2D eigenvalue weighted by Crippen LogP contribution is -2.24. The van der Waals surface area contributed by atoms with Crippen molar-refractivity contribution in [1.82, 2.24) is 19.7 Å². The van der Waals surface area contributed by atoms with Gasteiger partial charge in [0.1, 0.15) is 5.75 Å². The fraction of sp³-hybridized carbons (Fsp3) is 0.208. The van der Waals surface area contributed by atoms with Crippen molar-refractivity contribution < 1.29 is 9.53 Å². The first-order chi connectivity index (χ1) is 15.7. The van der Waals surface area contributed by atoms with E-state index >= 15 is 0 Å². The van der Waals surface area contributed by atoms with Gasteiger partial charge in [0.25, 0.3) is 5.91 Å². The van der Waals surface area contributed by atoms with Crippen molar-refractivity contribution in [2.45, 2.75) is 19.4 Å². The van der Waals surface area contributed by atoms with Crippen LogP contribution in [0.4, 0.5) is 0 Å². The number of benzene rings is 2. The van der Waals surface area contributed by atoms with E-state index in [2.05, 4.69) is 10.4 Å². The maximum atomic E-state index is 12.6. The van der Waals surface area contributed by atoms with Gasteiger partial charge in [0.2, 0.25) is 0 Å². The Bertz CT molecular complexity index is 1230. The minimum Gasteiger partial charge on any atom is -0.497 e. The molecular weight excluding hydrogens is 424 g/mol. The minimum absolute atomic E-state index is 0.0859. The van der Waals surface area contributed by atoms with Crippen molar-refractivity contribution in [2.75, 3.05) is 13.7 Å². The molecule has 164 valence electrons. The van der Waals surface area contributed by atoms with Gasteiger partial charge < -0.3 is 10.1 Å². The fourth-order valence-corrected chi connectivity index (χ4v) is 4.20. The van der Waals surface area contributed by atoms with Gasteiger partial charge in [0.15, 0.2) is 0 Å². The lowest BCUT2D eigenvalue weighted by molar-refractivity contribution is 0.0953. The molecule has 0 unspecified atom stereocenters. The summed E-state index contributed by atoms with van der Waals surface area (Å²) in [6.45, 7) is 1.43. The first-order valence-electron chi connectivity index (χ1n) is 10.4. The van der Waals surface area contributed by atoms with Crippen LogP contribution >= 0.6 is 11.3 Å². The Kier molecular flexibility index (Phi) is 6.81. The highest BCUT2D eigenvalue weighted by Gasteiger charge is 2.13. The number of rotatable bonds is 9. The third-order valence-corrected chi connectivity index (χ3v) is 5.83. The second-order valence-electron chi connectivity index (χ2n) is 7.23. The zero-order valence-electron chi connectivity index (χ0n) is 17.7. The Morgan fingerprint density at radius 2 is 1.97 bits per heavy atom. The first kappa shape index (κ1) is 21.6. The first-order valence-corrected chi connectivity index (χ1v) is 11.2. The van der Waals surface area contributed by atoms with Gasteiger partial charge >= 0.3 is 4.87 Å². The molecular formula is C24H24N4O3S. The molecule has 0 fully saturated rings. The van der Waals surface area contributed by atoms with Crippen LogP contribution in [-0.4, -0.2) is 33.9 Å². The van der Waals surface area contributed by atoms with E-state index in [1.807, 2.05) is 64.8 Å². The molecule has 32 heavy (non-hydrogen) atoms. The number of thiazole rings is 1. The van der Waals surface area contributed by atoms with E-state index in [1.165, 1.54) is 0 Å². The van der Waals surface area contributed by atoms with E-state index in [0.29, 0.717) is 12.1 Å². The van der Waals surface area contributed by atoms with E-state index in [9.17, 15) is 9.59 Å². The topological polar surface area (TPSA) is 78.2 Å². The Morgan fingerprint density at radius 1 is 1.12 bits per heavy atom. The molecule has 2 heterocycles. The predicted octanol–water partition coefficient (Wildman–Crippen LogP) is 3.98. The lowest BCUT2D eigenvalue weighted by atomic mass is 10.1. The summed E-state index contributed by atoms with van der Waals surface area (Å²) in [6.07, 6.45) is 5.49. The maximum absolute atomic E-state index is 12.6. The SMILES string of the molecule is COc1ccc(-n2c(-c3cccc(C(=O)NCCCCn4cccn4)c3)csc2=O)cc1. The number of ether oxygens (including phenoxy) is 1. The number of methoxy groups -OCH3 is 1. The maximum Gasteiger partial charge on any atom is 0.312 e. The summed E-state index contributed by atoms with van der Waals surface area (Å²) in [5.74, 6) is 0.599. The van der Waals surface area contributed by atoms with Crippen LogP contribution < -0.4 is 14.9 Å². The Hall–Kier alpha value is -3.65. The molecule has 0 aliphatic heterocycles. The van der Waals surface area contributed by atoms with Gasteiger partial charge in [-0.2, -0.15) is 5.10 Å². The van der Waals surface area contributed by atoms with E-state index in [1.54, 1.807) is 23.9 Å². The Balaban J connectivity index is 1.45. The summed E-state index contributed by atoms with van der Waals surface area (Å²) in [4.78, 5) is 25.1. The number of carbonyl (C=O) groups excluding carboxylic acids is 1. The highest BCUT2D eigenvalue weighted by Crippen LogP contribution is 2.25. The summed E-state index contributed by atoms with van der Waals surface area (Å²) in [5.41, 5.74) is 2.87. The Labute approximate surface area is 189 Å². The molecule has 0 bridgehead atoms. The van der Waals surface area contributed by atoms with E-state index in [0.717, 1.165) is 53.4 Å². The molecule has 0 spiro atoms. The second-order valence-corrected chi connectivity index (χ2v) is 8.05. The average Bonchev–Trinajstić information content (AvgIpc) is 3.48. The van der Waals surface area contributed by atoms with E-state index in [-0.39, 0.29) is 10.8 Å². The van der Waals surface area contributed by atoms with E-state index in [4.69, 9.17) is 4.74 Å². The number of nitrogens with zero attached hydrogens (tertiary/aromatic N) is 3. The predicted molar refractivity (Wildman–Crippen MR) is 126 cm³/mol. The highest BCUT2D eigenvalue weighted by molar-refractivity contribution is 7.07. The van der Waals surface area contributed by atoms with Crippen molar-refractivity contribution in [3.05, 3.63) is 87.6 Å². The molecule has 2 aromatic carbocycles. The van der Waals surface area contributed by atoms with Crippen LogP contribution in [0.1, 0.15) is 23.2 Å². The monoisotopic (exact) mass is 448 g/mol. The summed E-state index contributed by atoms with van der Waals surface area (Å²) in [6, 6.07) is 16.6. The number of nitrogens with one attached hydrogen (secondary N) is 1. The number of unbranched alkanes of at least 4 members (excludes halogenated alkanes) is 1.